The van der Waals surface area contributed by atoms with E-state index < -0.39 is 5.97 Å². The molecule has 0 aliphatic heterocycles. The number of hydrogen-bond acceptors (Lipinski definition) is 2. The zero-order valence-corrected chi connectivity index (χ0v) is 14.2. The number of carbonyl (C=O) groups is 1. The zero-order valence-electron chi connectivity index (χ0n) is 13.4. The van der Waals surface area contributed by atoms with Crippen molar-refractivity contribution < 1.29 is 9.90 Å². The highest BCUT2D eigenvalue weighted by molar-refractivity contribution is 7.14. The molecule has 1 N–H and O–H groups in total. The van der Waals surface area contributed by atoms with Crippen molar-refractivity contribution in [2.24, 2.45) is 0 Å². The molecule has 4 rings (SSSR count). The third kappa shape index (κ3) is 2.18. The Morgan fingerprint density at radius 2 is 2.17 bits per heavy atom. The summed E-state index contributed by atoms with van der Waals surface area (Å²) in [5.74, 6) is -0.139. The molecule has 118 valence electrons. The summed E-state index contributed by atoms with van der Waals surface area (Å²) in [4.78, 5) is 12.5. The number of aromatic carboxylic acids is 1. The Kier molecular flexibility index (Phi) is 3.24. The Hall–Kier alpha value is -1.87. The number of benzene rings is 1. The van der Waals surface area contributed by atoms with E-state index in [1.165, 1.54) is 52.9 Å². The van der Waals surface area contributed by atoms with E-state index in [0.717, 1.165) is 4.88 Å². The van der Waals surface area contributed by atoms with Gasteiger partial charge in [-0.2, -0.15) is 0 Å². The molecule has 1 aromatic heterocycles. The van der Waals surface area contributed by atoms with E-state index in [0.29, 0.717) is 10.8 Å². The highest BCUT2D eigenvalue weighted by Crippen LogP contribution is 2.60. The van der Waals surface area contributed by atoms with Gasteiger partial charge in [-0.15, -0.1) is 11.3 Å². The first-order chi connectivity index (χ1) is 11.0. The monoisotopic (exact) mass is 324 g/mol. The Balaban J connectivity index is 1.76. The van der Waals surface area contributed by atoms with Crippen LogP contribution in [0.15, 0.2) is 35.9 Å². The van der Waals surface area contributed by atoms with E-state index in [1.54, 1.807) is 6.07 Å². The van der Waals surface area contributed by atoms with Gasteiger partial charge < -0.3 is 5.11 Å². The number of allylic oxidation sites excluding steroid dienone is 1. The molecule has 2 atom stereocenters. The van der Waals surface area contributed by atoms with Crippen LogP contribution in [0.3, 0.4) is 0 Å². The van der Waals surface area contributed by atoms with Crippen molar-refractivity contribution in [2.45, 2.75) is 44.4 Å². The van der Waals surface area contributed by atoms with Crippen LogP contribution in [-0.4, -0.2) is 11.1 Å². The normalized spacial score (nSPS) is 25.7. The van der Waals surface area contributed by atoms with Crippen LogP contribution in [0.25, 0.3) is 6.08 Å². The van der Waals surface area contributed by atoms with Crippen molar-refractivity contribution in [3.8, 4) is 0 Å². The van der Waals surface area contributed by atoms with Crippen LogP contribution < -0.4 is 0 Å². The lowest BCUT2D eigenvalue weighted by Gasteiger charge is -2.30. The first-order valence-corrected chi connectivity index (χ1v) is 8.94. The molecule has 2 aromatic rings. The molecule has 0 amide bonds. The molecule has 2 unspecified atom stereocenters. The summed E-state index contributed by atoms with van der Waals surface area (Å²) in [7, 11) is 0. The number of thiophene rings is 1. The Bertz CT molecular complexity index is 830. The van der Waals surface area contributed by atoms with Crippen molar-refractivity contribution >= 4 is 23.4 Å². The lowest BCUT2D eigenvalue weighted by atomic mass is 9.73. The van der Waals surface area contributed by atoms with Gasteiger partial charge in [-0.05, 0) is 68.4 Å². The molecule has 1 aromatic carbocycles. The minimum Gasteiger partial charge on any atom is -0.477 e. The van der Waals surface area contributed by atoms with Crippen LogP contribution in [0.4, 0.5) is 0 Å². The lowest BCUT2D eigenvalue weighted by molar-refractivity contribution is 0.0702. The summed E-state index contributed by atoms with van der Waals surface area (Å²) < 4.78 is 0. The Morgan fingerprint density at radius 3 is 2.91 bits per heavy atom. The fourth-order valence-electron chi connectivity index (χ4n) is 4.46. The van der Waals surface area contributed by atoms with Crippen molar-refractivity contribution in [2.75, 3.05) is 0 Å². The smallest absolute Gasteiger partial charge is 0.345 e. The first kappa shape index (κ1) is 14.7. The summed E-state index contributed by atoms with van der Waals surface area (Å²) in [5.41, 5.74) is 5.92. The van der Waals surface area contributed by atoms with E-state index in [2.05, 4.69) is 38.1 Å². The molecule has 1 heterocycles. The Labute approximate surface area is 140 Å². The van der Waals surface area contributed by atoms with E-state index >= 15 is 0 Å². The van der Waals surface area contributed by atoms with Gasteiger partial charge in [0.25, 0.3) is 0 Å². The van der Waals surface area contributed by atoms with Crippen LogP contribution in [0.2, 0.25) is 0 Å². The number of rotatable bonds is 3. The highest BCUT2D eigenvalue weighted by atomic mass is 32.1. The molecule has 2 nitrogen and oxygen atoms in total. The maximum atomic E-state index is 11.1. The average molecular weight is 324 g/mol. The van der Waals surface area contributed by atoms with Crippen LogP contribution in [0.5, 0.6) is 0 Å². The molecule has 3 heteroatoms. The number of aryl methyl sites for hydroxylation is 1. The molecule has 1 fully saturated rings. The average Bonchev–Trinajstić information content (AvgIpc) is 3.20. The fourth-order valence-corrected chi connectivity index (χ4v) is 5.31. The summed E-state index contributed by atoms with van der Waals surface area (Å²) in [6, 6.07) is 10.5. The summed E-state index contributed by atoms with van der Waals surface area (Å²) in [6.45, 7) is 4.39. The van der Waals surface area contributed by atoms with Crippen LogP contribution in [0, 0.1) is 6.92 Å². The second-order valence-electron chi connectivity index (χ2n) is 6.95. The Morgan fingerprint density at radius 1 is 1.35 bits per heavy atom. The van der Waals surface area contributed by atoms with Crippen LogP contribution in [-0.2, 0) is 5.41 Å². The summed E-state index contributed by atoms with van der Waals surface area (Å²) in [5, 5.41) is 9.10. The molecule has 2 bridgehead atoms. The van der Waals surface area contributed by atoms with E-state index in [9.17, 15) is 4.79 Å². The standard InChI is InChI=1S/C20H20O2S/c1-12-3-5-16-14-7-8-20(11-14,17(16)9-12)13(2)10-15-4-6-18(23-15)19(21)22/h3-6,9-10,14H,7-8,11H2,1-2H3,(H,21,22)/b13-10-. The van der Waals surface area contributed by atoms with Gasteiger partial charge in [0.05, 0.1) is 0 Å². The van der Waals surface area contributed by atoms with E-state index in [1.807, 2.05) is 6.07 Å². The molecular weight excluding hydrogens is 304 g/mol. The quantitative estimate of drug-likeness (QED) is 0.823. The van der Waals surface area contributed by atoms with Gasteiger partial charge in [-0.3, -0.25) is 0 Å². The highest BCUT2D eigenvalue weighted by Gasteiger charge is 2.49. The topological polar surface area (TPSA) is 37.3 Å². The van der Waals surface area contributed by atoms with Gasteiger partial charge in [0.2, 0.25) is 0 Å². The summed E-state index contributed by atoms with van der Waals surface area (Å²) >= 11 is 1.36. The second-order valence-corrected chi connectivity index (χ2v) is 8.06. The van der Waals surface area contributed by atoms with Crippen molar-refractivity contribution in [3.63, 3.8) is 0 Å². The predicted molar refractivity (Wildman–Crippen MR) is 94.4 cm³/mol. The maximum Gasteiger partial charge on any atom is 0.345 e. The van der Waals surface area contributed by atoms with Crippen LogP contribution >= 0.6 is 11.3 Å². The molecule has 2 aliphatic carbocycles. The maximum absolute atomic E-state index is 11.1. The first-order valence-electron chi connectivity index (χ1n) is 8.12. The number of hydrogen-bond donors (Lipinski definition) is 1. The van der Waals surface area contributed by atoms with Gasteiger partial charge in [0.1, 0.15) is 4.88 Å². The third-order valence-corrected chi connectivity index (χ3v) is 6.65. The predicted octanol–water partition coefficient (Wildman–Crippen LogP) is 5.38. The van der Waals surface area contributed by atoms with Gasteiger partial charge >= 0.3 is 5.97 Å². The van der Waals surface area contributed by atoms with E-state index in [-0.39, 0.29) is 5.41 Å². The van der Waals surface area contributed by atoms with E-state index in [4.69, 9.17) is 5.11 Å². The number of carboxylic acids is 1. The van der Waals surface area contributed by atoms with Gasteiger partial charge in [0, 0.05) is 10.3 Å². The zero-order chi connectivity index (χ0) is 16.2. The third-order valence-electron chi connectivity index (χ3n) is 5.63. The molecule has 0 radical (unpaired) electrons. The molecule has 0 saturated heterocycles. The van der Waals surface area contributed by atoms with Crippen molar-refractivity contribution in [1.29, 1.82) is 0 Å². The lowest BCUT2D eigenvalue weighted by Crippen LogP contribution is -2.22. The largest absolute Gasteiger partial charge is 0.477 e. The van der Waals surface area contributed by atoms with Crippen molar-refractivity contribution in [1.82, 2.24) is 0 Å². The van der Waals surface area contributed by atoms with Gasteiger partial charge in [-0.1, -0.05) is 29.3 Å². The minimum absolute atomic E-state index is 0.166. The molecular formula is C20H20O2S. The molecule has 0 spiro atoms. The minimum atomic E-state index is -0.840. The molecule has 2 aliphatic rings. The number of fused-ring (bicyclic) bond motifs is 5. The molecule has 1 saturated carbocycles. The molecule has 23 heavy (non-hydrogen) atoms. The van der Waals surface area contributed by atoms with Gasteiger partial charge in [-0.25, -0.2) is 4.79 Å². The SMILES string of the molecule is C/C(=C/c1ccc(C(=O)O)s1)C12CCC(C1)c1ccc(C)cc12. The van der Waals surface area contributed by atoms with Gasteiger partial charge in [0.15, 0.2) is 0 Å². The second kappa shape index (κ2) is 5.07. The summed E-state index contributed by atoms with van der Waals surface area (Å²) in [6.07, 6.45) is 5.90. The van der Waals surface area contributed by atoms with Crippen LogP contribution in [0.1, 0.15) is 63.3 Å². The fraction of sp³-hybridized carbons (Fsp3) is 0.350. The number of carboxylic acid groups (broad SMARTS) is 1. The van der Waals surface area contributed by atoms with Crippen molar-refractivity contribution in [3.05, 3.63) is 62.3 Å².